The maximum Gasteiger partial charge on any atom is 0.185 e. The number of hydrogen-bond acceptors (Lipinski definition) is 5. The molecule has 1 aromatic rings. The fourth-order valence-electron chi connectivity index (χ4n) is 2.55. The maximum atomic E-state index is 4.59. The van der Waals surface area contributed by atoms with Crippen LogP contribution in [-0.4, -0.2) is 48.1 Å². The van der Waals surface area contributed by atoms with E-state index in [1.165, 1.54) is 35.9 Å². The predicted molar refractivity (Wildman–Crippen MR) is 80.9 cm³/mol. The van der Waals surface area contributed by atoms with Gasteiger partial charge in [0, 0.05) is 55.9 Å². The molecule has 2 heterocycles. The van der Waals surface area contributed by atoms with Crippen molar-refractivity contribution in [2.75, 3.05) is 31.1 Å². The second-order valence-electron chi connectivity index (χ2n) is 5.90. The van der Waals surface area contributed by atoms with Gasteiger partial charge in [0.2, 0.25) is 0 Å². The summed E-state index contributed by atoms with van der Waals surface area (Å²) in [6.45, 7) is 10.0. The van der Waals surface area contributed by atoms with Gasteiger partial charge in [0.05, 0.1) is 0 Å². The Labute approximate surface area is 119 Å². The molecule has 0 aromatic carbocycles. The third-order valence-corrected chi connectivity index (χ3v) is 4.93. The molecule has 3 rings (SSSR count). The average Bonchev–Trinajstić information content (AvgIpc) is 3.15. The molecule has 106 valence electrons. The highest BCUT2D eigenvalue weighted by atomic mass is 32.1. The normalized spacial score (nSPS) is 21.3. The number of aromatic nitrogens is 1. The molecule has 2 aliphatic rings. The van der Waals surface area contributed by atoms with Crippen LogP contribution in [-0.2, 0) is 6.54 Å². The Balaban J connectivity index is 1.51. The van der Waals surface area contributed by atoms with Gasteiger partial charge < -0.3 is 10.2 Å². The van der Waals surface area contributed by atoms with Gasteiger partial charge in [-0.3, -0.25) is 4.90 Å². The van der Waals surface area contributed by atoms with Crippen LogP contribution in [0.2, 0.25) is 0 Å². The number of rotatable bonds is 5. The van der Waals surface area contributed by atoms with Gasteiger partial charge in [-0.1, -0.05) is 13.8 Å². The summed E-state index contributed by atoms with van der Waals surface area (Å²) in [4.78, 5) is 11.0. The van der Waals surface area contributed by atoms with Crippen LogP contribution in [0, 0.1) is 0 Å². The summed E-state index contributed by atoms with van der Waals surface area (Å²) in [7, 11) is 0. The van der Waals surface area contributed by atoms with Gasteiger partial charge in [-0.15, -0.1) is 11.3 Å². The zero-order valence-electron chi connectivity index (χ0n) is 11.9. The lowest BCUT2D eigenvalue weighted by molar-refractivity contribution is 0.248. The van der Waals surface area contributed by atoms with Gasteiger partial charge in [0.25, 0.3) is 0 Å². The first kappa shape index (κ1) is 13.3. The molecular weight excluding hydrogens is 256 g/mol. The Morgan fingerprint density at radius 3 is 2.68 bits per heavy atom. The molecule has 1 saturated carbocycles. The van der Waals surface area contributed by atoms with Crippen molar-refractivity contribution in [3.8, 4) is 0 Å². The van der Waals surface area contributed by atoms with Gasteiger partial charge in [0.15, 0.2) is 5.13 Å². The summed E-state index contributed by atoms with van der Waals surface area (Å²) in [5.74, 6) is 0. The molecule has 0 bridgehead atoms. The lowest BCUT2D eigenvalue weighted by atomic mass is 10.3. The van der Waals surface area contributed by atoms with E-state index < -0.39 is 0 Å². The quantitative estimate of drug-likeness (QED) is 0.893. The Morgan fingerprint density at radius 2 is 2.05 bits per heavy atom. The van der Waals surface area contributed by atoms with Crippen molar-refractivity contribution in [3.63, 3.8) is 0 Å². The molecule has 1 aliphatic carbocycles. The van der Waals surface area contributed by atoms with Gasteiger partial charge >= 0.3 is 0 Å². The molecule has 1 aromatic heterocycles. The van der Waals surface area contributed by atoms with Gasteiger partial charge in [-0.2, -0.15) is 0 Å². The molecule has 1 N–H and O–H groups in total. The Kier molecular flexibility index (Phi) is 4.05. The standard InChI is InChI=1S/C14H24N4S/c1-11(2)15-9-13-10-16-14(19-13)18-7-5-17(6-8-18)12-3-4-12/h10-12,15H,3-9H2,1-2H3. The van der Waals surface area contributed by atoms with Crippen molar-refractivity contribution in [1.82, 2.24) is 15.2 Å². The second kappa shape index (κ2) is 5.77. The lowest BCUT2D eigenvalue weighted by Gasteiger charge is -2.34. The first-order valence-corrected chi connectivity index (χ1v) is 8.21. The molecule has 4 nitrogen and oxygen atoms in total. The van der Waals surface area contributed by atoms with Crippen LogP contribution in [0.1, 0.15) is 31.6 Å². The van der Waals surface area contributed by atoms with E-state index in [2.05, 4.69) is 33.9 Å². The molecule has 0 amide bonds. The van der Waals surface area contributed by atoms with Crippen LogP contribution in [0.15, 0.2) is 6.20 Å². The van der Waals surface area contributed by atoms with Gasteiger partial charge in [-0.25, -0.2) is 4.98 Å². The third kappa shape index (κ3) is 3.46. The summed E-state index contributed by atoms with van der Waals surface area (Å²) >= 11 is 1.84. The minimum atomic E-state index is 0.535. The molecule has 0 atom stereocenters. The average molecular weight is 280 g/mol. The van der Waals surface area contributed by atoms with Crippen molar-refractivity contribution in [2.45, 2.75) is 45.3 Å². The fourth-order valence-corrected chi connectivity index (χ4v) is 3.46. The zero-order chi connectivity index (χ0) is 13.2. The number of nitrogens with zero attached hydrogens (tertiary/aromatic N) is 3. The summed E-state index contributed by atoms with van der Waals surface area (Å²) in [5.41, 5.74) is 0. The van der Waals surface area contributed by atoms with E-state index in [1.807, 2.05) is 17.5 Å². The van der Waals surface area contributed by atoms with Crippen molar-refractivity contribution in [2.24, 2.45) is 0 Å². The lowest BCUT2D eigenvalue weighted by Crippen LogP contribution is -2.47. The number of piperazine rings is 1. The van der Waals surface area contributed by atoms with E-state index >= 15 is 0 Å². The first-order chi connectivity index (χ1) is 9.22. The SMILES string of the molecule is CC(C)NCc1cnc(N2CCN(C3CC3)CC2)s1. The largest absolute Gasteiger partial charge is 0.346 e. The van der Waals surface area contributed by atoms with Crippen LogP contribution in [0.25, 0.3) is 0 Å². The molecular formula is C14H24N4S. The third-order valence-electron chi connectivity index (χ3n) is 3.87. The highest BCUT2D eigenvalue weighted by Gasteiger charge is 2.31. The first-order valence-electron chi connectivity index (χ1n) is 7.39. The van der Waals surface area contributed by atoms with E-state index in [4.69, 9.17) is 0 Å². The van der Waals surface area contributed by atoms with Crippen LogP contribution in [0.3, 0.4) is 0 Å². The molecule has 1 aliphatic heterocycles. The van der Waals surface area contributed by atoms with Gasteiger partial charge in [0.1, 0.15) is 0 Å². The number of thiazole rings is 1. The zero-order valence-corrected chi connectivity index (χ0v) is 12.7. The summed E-state index contributed by atoms with van der Waals surface area (Å²) < 4.78 is 0. The summed E-state index contributed by atoms with van der Waals surface area (Å²) in [6, 6.07) is 1.44. The maximum absolute atomic E-state index is 4.59. The number of anilines is 1. The highest BCUT2D eigenvalue weighted by Crippen LogP contribution is 2.29. The topological polar surface area (TPSA) is 31.4 Å². The van der Waals surface area contributed by atoms with E-state index in [-0.39, 0.29) is 0 Å². The van der Waals surface area contributed by atoms with Crippen LogP contribution >= 0.6 is 11.3 Å². The Hall–Kier alpha value is -0.650. The van der Waals surface area contributed by atoms with Crippen LogP contribution in [0.4, 0.5) is 5.13 Å². The Bertz CT molecular complexity index is 405. The number of hydrogen-bond donors (Lipinski definition) is 1. The molecule has 19 heavy (non-hydrogen) atoms. The Morgan fingerprint density at radius 1 is 1.32 bits per heavy atom. The molecule has 1 saturated heterocycles. The van der Waals surface area contributed by atoms with Crippen LogP contribution in [0.5, 0.6) is 0 Å². The number of nitrogens with one attached hydrogen (secondary N) is 1. The van der Waals surface area contributed by atoms with Crippen molar-refractivity contribution >= 4 is 16.5 Å². The highest BCUT2D eigenvalue weighted by molar-refractivity contribution is 7.15. The monoisotopic (exact) mass is 280 g/mol. The predicted octanol–water partition coefficient (Wildman–Crippen LogP) is 1.93. The molecule has 0 radical (unpaired) electrons. The minimum absolute atomic E-state index is 0.535. The minimum Gasteiger partial charge on any atom is -0.346 e. The van der Waals surface area contributed by atoms with Crippen molar-refractivity contribution < 1.29 is 0 Å². The van der Waals surface area contributed by atoms with Crippen molar-refractivity contribution in [1.29, 1.82) is 0 Å². The van der Waals surface area contributed by atoms with E-state index in [9.17, 15) is 0 Å². The molecule has 0 spiro atoms. The summed E-state index contributed by atoms with van der Waals surface area (Å²) in [5, 5.41) is 4.66. The molecule has 2 fully saturated rings. The van der Waals surface area contributed by atoms with Crippen LogP contribution < -0.4 is 10.2 Å². The van der Waals surface area contributed by atoms with E-state index in [0.717, 1.165) is 25.7 Å². The fraction of sp³-hybridized carbons (Fsp3) is 0.786. The van der Waals surface area contributed by atoms with E-state index in [0.29, 0.717) is 6.04 Å². The van der Waals surface area contributed by atoms with Crippen molar-refractivity contribution in [3.05, 3.63) is 11.1 Å². The molecule has 5 heteroatoms. The van der Waals surface area contributed by atoms with Gasteiger partial charge in [-0.05, 0) is 12.8 Å². The molecule has 0 unspecified atom stereocenters. The second-order valence-corrected chi connectivity index (χ2v) is 6.99. The smallest absolute Gasteiger partial charge is 0.185 e. The summed E-state index contributed by atoms with van der Waals surface area (Å²) in [6.07, 6.45) is 4.87. The van der Waals surface area contributed by atoms with E-state index in [1.54, 1.807) is 0 Å².